The van der Waals surface area contributed by atoms with Crippen LogP contribution in [-0.2, 0) is 20.7 Å². The van der Waals surface area contributed by atoms with Gasteiger partial charge in [0.05, 0.1) is 6.10 Å². The fourth-order valence-corrected chi connectivity index (χ4v) is 2.44. The predicted octanol–water partition coefficient (Wildman–Crippen LogP) is 4.18. The van der Waals surface area contributed by atoms with Crippen molar-refractivity contribution in [2.75, 3.05) is 0 Å². The van der Waals surface area contributed by atoms with Gasteiger partial charge in [-0.15, -0.1) is 0 Å². The van der Waals surface area contributed by atoms with Crippen LogP contribution >= 0.6 is 11.6 Å². The van der Waals surface area contributed by atoms with E-state index in [2.05, 4.69) is 12.1 Å². The molecule has 0 saturated heterocycles. The minimum atomic E-state index is -1.08. The second-order valence-electron chi connectivity index (χ2n) is 6.99. The van der Waals surface area contributed by atoms with E-state index in [0.717, 1.165) is 12.8 Å². The van der Waals surface area contributed by atoms with Crippen LogP contribution in [0.3, 0.4) is 0 Å². The number of carbonyl (C=O) groups excluding carboxylic acids is 2. The van der Waals surface area contributed by atoms with Crippen LogP contribution in [0.2, 0.25) is 0 Å². The number of allylic oxidation sites excluding steroid dienone is 1. The van der Waals surface area contributed by atoms with Crippen LogP contribution in [0.25, 0.3) is 0 Å². The molecule has 0 spiro atoms. The zero-order valence-electron chi connectivity index (χ0n) is 15.1. The maximum atomic E-state index is 11.8. The van der Waals surface area contributed by atoms with Crippen molar-refractivity contribution >= 4 is 23.4 Å². The first-order chi connectivity index (χ1) is 11.7. The lowest BCUT2D eigenvalue weighted by Gasteiger charge is -2.19. The number of halogens is 1. The Bertz CT molecular complexity index is 587. The number of rotatable bonds is 9. The zero-order chi connectivity index (χ0) is 18.9. The normalized spacial score (nSPS) is 13.4. The Morgan fingerprint density at radius 2 is 1.88 bits per heavy atom. The second kappa shape index (κ2) is 10.4. The van der Waals surface area contributed by atoms with Gasteiger partial charge < -0.3 is 9.84 Å². The quantitative estimate of drug-likeness (QED) is 0.404. The Hall–Kier alpha value is -1.65. The molecule has 25 heavy (non-hydrogen) atoms. The Balaban J connectivity index is 2.33. The van der Waals surface area contributed by atoms with Crippen molar-refractivity contribution in [2.45, 2.75) is 64.6 Å². The van der Waals surface area contributed by atoms with Crippen LogP contribution in [0.4, 0.5) is 0 Å². The van der Waals surface area contributed by atoms with Crippen LogP contribution in [-0.4, -0.2) is 28.6 Å². The van der Waals surface area contributed by atoms with Gasteiger partial charge in [0.1, 0.15) is 17.8 Å². The minimum absolute atomic E-state index is 0.187. The van der Waals surface area contributed by atoms with E-state index in [0.29, 0.717) is 6.42 Å². The lowest BCUT2D eigenvalue weighted by molar-refractivity contribution is -0.156. The molecule has 0 radical (unpaired) electrons. The van der Waals surface area contributed by atoms with Crippen molar-refractivity contribution in [1.82, 2.24) is 0 Å². The van der Waals surface area contributed by atoms with Gasteiger partial charge in [0.25, 0.3) is 0 Å². The molecule has 0 amide bonds. The number of unbranched alkanes of at least 4 members (excludes halogenated alkanes) is 1. The average molecular weight is 367 g/mol. The van der Waals surface area contributed by atoms with Crippen LogP contribution in [0, 0.1) is 0 Å². The summed E-state index contributed by atoms with van der Waals surface area (Å²) < 4.78 is 5.08. The van der Waals surface area contributed by atoms with Crippen LogP contribution in [0.15, 0.2) is 41.4 Å². The summed E-state index contributed by atoms with van der Waals surface area (Å²) in [5.41, 5.74) is 0.617. The second-order valence-corrected chi connectivity index (χ2v) is 7.43. The molecule has 1 atom stereocenters. The predicted molar refractivity (Wildman–Crippen MR) is 99.4 cm³/mol. The molecule has 0 bridgehead atoms. The molecule has 0 aromatic heterocycles. The Labute approximate surface area is 154 Å². The monoisotopic (exact) mass is 366 g/mol. The molecule has 0 heterocycles. The van der Waals surface area contributed by atoms with E-state index in [-0.39, 0.29) is 17.9 Å². The first-order valence-electron chi connectivity index (χ1n) is 8.48. The molecular formula is C20H27ClO4. The number of aliphatic hydroxyl groups is 1. The van der Waals surface area contributed by atoms with Gasteiger partial charge in [-0.05, 0) is 45.6 Å². The zero-order valence-corrected chi connectivity index (χ0v) is 15.9. The first-order valence-corrected chi connectivity index (χ1v) is 8.86. The molecule has 1 N–H and O–H groups in total. The van der Waals surface area contributed by atoms with E-state index in [4.69, 9.17) is 16.3 Å². The van der Waals surface area contributed by atoms with Crippen LogP contribution < -0.4 is 0 Å². The fraction of sp³-hybridized carbons (Fsp3) is 0.500. The smallest absolute Gasteiger partial charge is 0.313 e. The number of Topliss-reactive ketones (excluding diaryl/α,β-unsaturated/α-hetero) is 1. The van der Waals surface area contributed by atoms with Crippen molar-refractivity contribution in [3.8, 4) is 0 Å². The van der Waals surface area contributed by atoms with Gasteiger partial charge in [-0.1, -0.05) is 48.0 Å². The van der Waals surface area contributed by atoms with Crippen molar-refractivity contribution in [2.24, 2.45) is 0 Å². The number of ketones is 1. The third kappa shape index (κ3) is 10.0. The maximum Gasteiger partial charge on any atom is 0.313 e. The molecule has 0 fully saturated rings. The van der Waals surface area contributed by atoms with E-state index in [1.165, 1.54) is 5.56 Å². The topological polar surface area (TPSA) is 63.6 Å². The highest BCUT2D eigenvalue weighted by Crippen LogP contribution is 2.16. The number of hydrogen-bond donors (Lipinski definition) is 1. The minimum Gasteiger partial charge on any atom is -0.460 e. The summed E-state index contributed by atoms with van der Waals surface area (Å²) in [6, 6.07) is 10.1. The number of ether oxygens (including phenoxy) is 1. The summed E-state index contributed by atoms with van der Waals surface area (Å²) in [5.74, 6) is -0.981. The SMILES string of the molecule is CC(C)(C)OC(=O)CC(=O)CC(O)/C(Cl)=C/CCCc1ccccc1. The van der Waals surface area contributed by atoms with Crippen molar-refractivity contribution in [3.05, 3.63) is 47.0 Å². The van der Waals surface area contributed by atoms with Gasteiger partial charge in [0, 0.05) is 11.5 Å². The molecule has 1 aromatic carbocycles. The molecule has 0 aliphatic carbocycles. The highest BCUT2D eigenvalue weighted by atomic mass is 35.5. The Kier molecular flexibility index (Phi) is 8.87. The van der Waals surface area contributed by atoms with E-state index in [9.17, 15) is 14.7 Å². The molecule has 1 unspecified atom stereocenters. The van der Waals surface area contributed by atoms with Crippen molar-refractivity contribution in [3.63, 3.8) is 0 Å². The highest BCUT2D eigenvalue weighted by Gasteiger charge is 2.21. The molecule has 1 rings (SSSR count). The van der Waals surface area contributed by atoms with Gasteiger partial charge >= 0.3 is 5.97 Å². The summed E-state index contributed by atoms with van der Waals surface area (Å²) in [6.45, 7) is 5.21. The Morgan fingerprint density at radius 3 is 2.48 bits per heavy atom. The lowest BCUT2D eigenvalue weighted by Crippen LogP contribution is -2.26. The summed E-state index contributed by atoms with van der Waals surface area (Å²) in [7, 11) is 0. The van der Waals surface area contributed by atoms with Gasteiger partial charge in [0.15, 0.2) is 0 Å². The van der Waals surface area contributed by atoms with Crippen LogP contribution in [0.5, 0.6) is 0 Å². The largest absolute Gasteiger partial charge is 0.460 e. The summed E-state index contributed by atoms with van der Waals surface area (Å²) in [5, 5.41) is 10.2. The van der Waals surface area contributed by atoms with Gasteiger partial charge in [-0.3, -0.25) is 9.59 Å². The number of hydrogen-bond acceptors (Lipinski definition) is 4. The highest BCUT2D eigenvalue weighted by molar-refractivity contribution is 6.30. The number of aryl methyl sites for hydroxylation is 1. The first kappa shape index (κ1) is 21.4. The van der Waals surface area contributed by atoms with Crippen molar-refractivity contribution < 1.29 is 19.4 Å². The molecule has 1 aromatic rings. The Morgan fingerprint density at radius 1 is 1.24 bits per heavy atom. The molecule has 0 saturated carbocycles. The van der Waals surface area contributed by atoms with Gasteiger partial charge in [-0.25, -0.2) is 0 Å². The molecule has 138 valence electrons. The van der Waals surface area contributed by atoms with E-state index >= 15 is 0 Å². The average Bonchev–Trinajstić information content (AvgIpc) is 2.50. The number of esters is 1. The summed E-state index contributed by atoms with van der Waals surface area (Å²) >= 11 is 6.04. The van der Waals surface area contributed by atoms with Crippen LogP contribution in [0.1, 0.15) is 52.0 Å². The lowest BCUT2D eigenvalue weighted by atomic mass is 10.1. The number of carbonyl (C=O) groups is 2. The number of aliphatic hydroxyl groups excluding tert-OH is 1. The molecule has 5 heteroatoms. The molecule has 0 aliphatic rings. The summed E-state index contributed by atoms with van der Waals surface area (Å²) in [6.07, 6.45) is 2.66. The van der Waals surface area contributed by atoms with Gasteiger partial charge in [-0.2, -0.15) is 0 Å². The summed E-state index contributed by atoms with van der Waals surface area (Å²) in [4.78, 5) is 23.4. The van der Waals surface area contributed by atoms with E-state index in [1.807, 2.05) is 18.2 Å². The molecule has 4 nitrogen and oxygen atoms in total. The molecule has 0 aliphatic heterocycles. The van der Waals surface area contributed by atoms with E-state index in [1.54, 1.807) is 26.8 Å². The molecular weight excluding hydrogens is 340 g/mol. The number of benzene rings is 1. The standard InChI is InChI=1S/C20H27ClO4/c1-20(2,3)25-19(24)14-16(22)13-18(23)17(21)12-8-7-11-15-9-5-4-6-10-15/h4-6,9-10,12,18,23H,7-8,11,13-14H2,1-3H3/b17-12-. The van der Waals surface area contributed by atoms with E-state index < -0.39 is 23.5 Å². The van der Waals surface area contributed by atoms with Gasteiger partial charge in [0.2, 0.25) is 0 Å². The van der Waals surface area contributed by atoms with Crippen molar-refractivity contribution in [1.29, 1.82) is 0 Å². The fourth-order valence-electron chi connectivity index (χ4n) is 2.25. The third-order valence-corrected chi connectivity index (χ3v) is 3.76. The third-order valence-electron chi connectivity index (χ3n) is 3.35. The maximum absolute atomic E-state index is 11.8.